The number of nitrogens with one attached hydrogen (secondary N) is 1. The minimum atomic E-state index is -0.639. The molecule has 0 aromatic carbocycles. The van der Waals surface area contributed by atoms with Crippen molar-refractivity contribution < 1.29 is 14.7 Å². The Balaban J connectivity index is 2.12. The Hall–Kier alpha value is -1.89. The lowest BCUT2D eigenvalue weighted by molar-refractivity contribution is -0.119. The average Bonchev–Trinajstić information content (AvgIpc) is 2.87. The van der Waals surface area contributed by atoms with Crippen molar-refractivity contribution in [1.82, 2.24) is 14.7 Å². The first kappa shape index (κ1) is 12.2. The molecule has 1 aromatic rings. The second-order valence-corrected chi connectivity index (χ2v) is 5.00. The van der Waals surface area contributed by atoms with E-state index in [9.17, 15) is 14.7 Å². The quantitative estimate of drug-likeness (QED) is 0.716. The van der Waals surface area contributed by atoms with Crippen molar-refractivity contribution in [3.8, 4) is 0 Å². The fourth-order valence-electron chi connectivity index (χ4n) is 2.83. The van der Waals surface area contributed by atoms with Gasteiger partial charge in [0.1, 0.15) is 11.7 Å². The van der Waals surface area contributed by atoms with Crippen molar-refractivity contribution in [2.75, 3.05) is 11.9 Å². The largest absolute Gasteiger partial charge is 0.391 e. The number of aryl methyl sites for hydroxylation is 2. The molecule has 0 spiro atoms. The Kier molecular flexibility index (Phi) is 2.60. The Bertz CT molecular complexity index is 566. The molecule has 2 atom stereocenters. The van der Waals surface area contributed by atoms with Gasteiger partial charge in [-0.3, -0.25) is 14.3 Å². The van der Waals surface area contributed by atoms with E-state index in [4.69, 9.17) is 0 Å². The maximum absolute atomic E-state index is 12.5. The zero-order valence-corrected chi connectivity index (χ0v) is 10.9. The van der Waals surface area contributed by atoms with E-state index >= 15 is 0 Å². The van der Waals surface area contributed by atoms with Crippen LogP contribution in [0.4, 0.5) is 5.69 Å². The standard InChI is InChI=1S/C12H16N4O3/c1-3-7-9-10(15(2)14-7)12(19)16-5-6(17)4-8(16)11(18)13-9/h6,8,17H,3-5H2,1-2H3,(H,13,18)/t6-,8+/m1/s1. The fourth-order valence-corrected chi connectivity index (χ4v) is 2.83. The van der Waals surface area contributed by atoms with Gasteiger partial charge in [-0.05, 0) is 6.42 Å². The minimum Gasteiger partial charge on any atom is -0.391 e. The van der Waals surface area contributed by atoms with Crippen LogP contribution in [0.5, 0.6) is 0 Å². The van der Waals surface area contributed by atoms with E-state index in [2.05, 4.69) is 10.4 Å². The molecule has 0 bridgehead atoms. The molecule has 3 rings (SSSR count). The summed E-state index contributed by atoms with van der Waals surface area (Å²) in [5.74, 6) is -0.490. The lowest BCUT2D eigenvalue weighted by atomic mass is 10.2. The van der Waals surface area contributed by atoms with E-state index in [1.165, 1.54) is 9.58 Å². The highest BCUT2D eigenvalue weighted by Gasteiger charge is 2.44. The second-order valence-electron chi connectivity index (χ2n) is 5.00. The highest BCUT2D eigenvalue weighted by molar-refractivity contribution is 6.09. The Morgan fingerprint density at radius 1 is 1.47 bits per heavy atom. The predicted octanol–water partition coefficient (Wildman–Crippen LogP) is -0.490. The third-order valence-electron chi connectivity index (χ3n) is 3.75. The minimum absolute atomic E-state index is 0.197. The first-order chi connectivity index (χ1) is 9.02. The highest BCUT2D eigenvalue weighted by Crippen LogP contribution is 2.30. The molecule has 0 radical (unpaired) electrons. The Morgan fingerprint density at radius 3 is 2.89 bits per heavy atom. The van der Waals surface area contributed by atoms with Gasteiger partial charge in [-0.1, -0.05) is 6.92 Å². The molecule has 19 heavy (non-hydrogen) atoms. The summed E-state index contributed by atoms with van der Waals surface area (Å²) in [5.41, 5.74) is 1.62. The molecule has 0 unspecified atom stereocenters. The number of aliphatic hydroxyl groups excluding tert-OH is 1. The number of rotatable bonds is 1. The molecule has 3 heterocycles. The van der Waals surface area contributed by atoms with E-state index in [1.807, 2.05) is 6.92 Å². The van der Waals surface area contributed by atoms with Gasteiger partial charge < -0.3 is 15.3 Å². The lowest BCUT2D eigenvalue weighted by Crippen LogP contribution is -2.41. The van der Waals surface area contributed by atoms with E-state index in [0.29, 0.717) is 29.9 Å². The SMILES string of the molecule is CCc1nn(C)c2c1NC(=O)[C@@H]1C[C@@H](O)CN1C2=O. The number of hydrogen-bond donors (Lipinski definition) is 2. The van der Waals surface area contributed by atoms with Crippen LogP contribution in [-0.2, 0) is 18.3 Å². The van der Waals surface area contributed by atoms with E-state index in [1.54, 1.807) is 7.05 Å². The molecule has 0 saturated carbocycles. The molecule has 0 aliphatic carbocycles. The summed E-state index contributed by atoms with van der Waals surface area (Å²) in [5, 5.41) is 16.7. The van der Waals surface area contributed by atoms with Crippen molar-refractivity contribution in [3.63, 3.8) is 0 Å². The third-order valence-corrected chi connectivity index (χ3v) is 3.75. The van der Waals surface area contributed by atoms with E-state index in [0.717, 1.165) is 0 Å². The summed E-state index contributed by atoms with van der Waals surface area (Å²) in [4.78, 5) is 26.1. The van der Waals surface area contributed by atoms with Gasteiger partial charge in [0.2, 0.25) is 5.91 Å². The number of amides is 2. The zero-order valence-electron chi connectivity index (χ0n) is 10.9. The first-order valence-electron chi connectivity index (χ1n) is 6.38. The smallest absolute Gasteiger partial charge is 0.275 e. The molecule has 2 N–H and O–H groups in total. The van der Waals surface area contributed by atoms with Gasteiger partial charge >= 0.3 is 0 Å². The number of aliphatic hydroxyl groups is 1. The topological polar surface area (TPSA) is 87.5 Å². The maximum atomic E-state index is 12.5. The van der Waals surface area contributed by atoms with Crippen LogP contribution in [0.3, 0.4) is 0 Å². The molecule has 7 heteroatoms. The molecule has 7 nitrogen and oxygen atoms in total. The van der Waals surface area contributed by atoms with Crippen LogP contribution in [-0.4, -0.2) is 50.3 Å². The molecule has 2 aliphatic heterocycles. The first-order valence-corrected chi connectivity index (χ1v) is 6.38. The predicted molar refractivity (Wildman–Crippen MR) is 66.7 cm³/mol. The van der Waals surface area contributed by atoms with E-state index < -0.39 is 12.1 Å². The van der Waals surface area contributed by atoms with Crippen LogP contribution in [0.1, 0.15) is 29.5 Å². The van der Waals surface area contributed by atoms with Crippen molar-refractivity contribution in [2.45, 2.75) is 31.9 Å². The number of carbonyl (C=O) groups excluding carboxylic acids is 2. The van der Waals surface area contributed by atoms with Gasteiger partial charge in [-0.2, -0.15) is 5.10 Å². The van der Waals surface area contributed by atoms with Crippen molar-refractivity contribution in [3.05, 3.63) is 11.4 Å². The van der Waals surface area contributed by atoms with Gasteiger partial charge in [0.15, 0.2) is 0 Å². The number of aromatic nitrogens is 2. The second kappa shape index (κ2) is 4.06. The van der Waals surface area contributed by atoms with E-state index in [-0.39, 0.29) is 18.4 Å². The molecule has 1 fully saturated rings. The number of anilines is 1. The van der Waals surface area contributed by atoms with Crippen LogP contribution in [0.2, 0.25) is 0 Å². The van der Waals surface area contributed by atoms with Gasteiger partial charge in [0.05, 0.1) is 17.5 Å². The highest BCUT2D eigenvalue weighted by atomic mass is 16.3. The molecule has 1 saturated heterocycles. The van der Waals surface area contributed by atoms with Crippen LogP contribution in [0, 0.1) is 0 Å². The number of carbonyl (C=O) groups is 2. The van der Waals surface area contributed by atoms with Crippen molar-refractivity contribution >= 4 is 17.5 Å². The summed E-state index contributed by atoms with van der Waals surface area (Å²) < 4.78 is 1.50. The van der Waals surface area contributed by atoms with Crippen LogP contribution >= 0.6 is 0 Å². The molecular formula is C12H16N4O3. The summed E-state index contributed by atoms with van der Waals surface area (Å²) >= 11 is 0. The Labute approximate surface area is 110 Å². The van der Waals surface area contributed by atoms with Gasteiger partial charge in [-0.25, -0.2) is 0 Å². The van der Waals surface area contributed by atoms with Crippen molar-refractivity contribution in [2.24, 2.45) is 7.05 Å². The third kappa shape index (κ3) is 1.65. The molecule has 2 amide bonds. The monoisotopic (exact) mass is 264 g/mol. The molecule has 102 valence electrons. The number of hydrogen-bond acceptors (Lipinski definition) is 4. The molecule has 1 aromatic heterocycles. The fraction of sp³-hybridized carbons (Fsp3) is 0.583. The van der Waals surface area contributed by atoms with Crippen molar-refractivity contribution in [1.29, 1.82) is 0 Å². The van der Waals surface area contributed by atoms with Gasteiger partial charge in [-0.15, -0.1) is 0 Å². The molecule has 2 aliphatic rings. The van der Waals surface area contributed by atoms with Crippen LogP contribution in [0.25, 0.3) is 0 Å². The maximum Gasteiger partial charge on any atom is 0.275 e. The summed E-state index contributed by atoms with van der Waals surface area (Å²) in [6.45, 7) is 2.12. The normalized spacial score (nSPS) is 25.9. The number of nitrogens with zero attached hydrogens (tertiary/aromatic N) is 3. The lowest BCUT2D eigenvalue weighted by Gasteiger charge is -2.19. The van der Waals surface area contributed by atoms with Crippen LogP contribution in [0.15, 0.2) is 0 Å². The molecular weight excluding hydrogens is 248 g/mol. The zero-order chi connectivity index (χ0) is 13.7. The summed E-state index contributed by atoms with van der Waals surface area (Å²) in [6, 6.07) is -0.584. The van der Waals surface area contributed by atoms with Gasteiger partial charge in [0, 0.05) is 20.0 Å². The average molecular weight is 264 g/mol. The van der Waals surface area contributed by atoms with Gasteiger partial charge in [0.25, 0.3) is 5.91 Å². The summed E-state index contributed by atoms with van der Waals surface area (Å²) in [6.07, 6.45) is 0.296. The van der Waals surface area contributed by atoms with Crippen LogP contribution < -0.4 is 5.32 Å². The number of fused-ring (bicyclic) bond motifs is 2. The summed E-state index contributed by atoms with van der Waals surface area (Å²) in [7, 11) is 1.69. The Morgan fingerprint density at radius 2 is 2.21 bits per heavy atom.